The molecule has 0 aliphatic rings. The topological polar surface area (TPSA) is 29.5 Å². The quantitative estimate of drug-likeness (QED) is 0.471. The second kappa shape index (κ2) is 8.57. The second-order valence-corrected chi connectivity index (χ2v) is 6.49. The number of unbranched alkanes of at least 4 members (excludes halogenated alkanes) is 3. The Kier molecular flexibility index (Phi) is 8.31. The predicted molar refractivity (Wildman–Crippen MR) is 81.2 cm³/mol. The number of hydrogen-bond acceptors (Lipinski definition) is 3. The fraction of sp³-hybridized carbons (Fsp3) is 0.938. The van der Waals surface area contributed by atoms with Gasteiger partial charge in [0, 0.05) is 0 Å². The molecular weight excluding hydrogens is 238 g/mol. The number of ether oxygens (including phenoxy) is 1. The Morgan fingerprint density at radius 3 is 2.16 bits per heavy atom. The van der Waals surface area contributed by atoms with E-state index in [0.29, 0.717) is 5.92 Å². The third kappa shape index (κ3) is 6.42. The highest BCUT2D eigenvalue weighted by Gasteiger charge is 2.34. The fourth-order valence-electron chi connectivity index (χ4n) is 1.76. The van der Waals surface area contributed by atoms with Crippen molar-refractivity contribution in [3.05, 3.63) is 0 Å². The first-order valence-corrected chi connectivity index (χ1v) is 7.62. The van der Waals surface area contributed by atoms with Crippen LogP contribution in [0.5, 0.6) is 0 Å². The Morgan fingerprint density at radius 1 is 1.16 bits per heavy atom. The first kappa shape index (κ1) is 18.4. The largest absolute Gasteiger partial charge is 0.461 e. The molecule has 114 valence electrons. The lowest BCUT2D eigenvalue weighted by Crippen LogP contribution is -2.48. The molecule has 0 bridgehead atoms. The van der Waals surface area contributed by atoms with Gasteiger partial charge in [0.15, 0.2) is 0 Å². The summed E-state index contributed by atoms with van der Waals surface area (Å²) in [5, 5.41) is 0. The van der Waals surface area contributed by atoms with Gasteiger partial charge < -0.3 is 4.74 Å². The van der Waals surface area contributed by atoms with Crippen molar-refractivity contribution in [3.8, 4) is 0 Å². The van der Waals surface area contributed by atoms with E-state index in [2.05, 4.69) is 20.8 Å². The van der Waals surface area contributed by atoms with Crippen LogP contribution in [0, 0.1) is 5.92 Å². The van der Waals surface area contributed by atoms with Gasteiger partial charge in [-0.1, -0.05) is 40.0 Å². The van der Waals surface area contributed by atoms with Crippen molar-refractivity contribution >= 4 is 5.97 Å². The number of likely N-dealkylation sites (N-methyl/N-ethyl adjacent to an activating group) is 1. The zero-order valence-electron chi connectivity index (χ0n) is 14.0. The molecule has 0 radical (unpaired) electrons. The van der Waals surface area contributed by atoms with E-state index in [1.807, 2.05) is 32.8 Å². The van der Waals surface area contributed by atoms with E-state index < -0.39 is 5.54 Å². The maximum Gasteiger partial charge on any atom is 0.326 e. The van der Waals surface area contributed by atoms with Crippen LogP contribution >= 0.6 is 0 Å². The third-order valence-corrected chi connectivity index (χ3v) is 3.96. The molecule has 0 fully saturated rings. The normalized spacial score (nSPS) is 13.9. The monoisotopic (exact) mass is 271 g/mol. The lowest BCUT2D eigenvalue weighted by molar-refractivity contribution is -0.163. The van der Waals surface area contributed by atoms with Gasteiger partial charge in [-0.15, -0.1) is 0 Å². The van der Waals surface area contributed by atoms with Gasteiger partial charge in [0.25, 0.3) is 0 Å². The number of hydrogen-bond donors (Lipinski definition) is 0. The van der Waals surface area contributed by atoms with Crippen molar-refractivity contribution in [1.82, 2.24) is 4.90 Å². The molecule has 1 atom stereocenters. The van der Waals surface area contributed by atoms with Gasteiger partial charge in [0.2, 0.25) is 0 Å². The minimum atomic E-state index is -0.559. The number of rotatable bonds is 9. The van der Waals surface area contributed by atoms with Crippen LogP contribution < -0.4 is 0 Å². The van der Waals surface area contributed by atoms with E-state index in [1.54, 1.807) is 0 Å². The highest BCUT2D eigenvalue weighted by Crippen LogP contribution is 2.20. The minimum absolute atomic E-state index is 0.0450. The van der Waals surface area contributed by atoms with Crippen molar-refractivity contribution in [2.75, 3.05) is 14.1 Å². The zero-order chi connectivity index (χ0) is 15.1. The van der Waals surface area contributed by atoms with Crippen LogP contribution in [0.25, 0.3) is 0 Å². The summed E-state index contributed by atoms with van der Waals surface area (Å²) in [6.07, 6.45) is 5.90. The third-order valence-electron chi connectivity index (χ3n) is 3.96. The SMILES string of the molecule is CCCCCCC(OC(=O)C(C)(C)N(C)C)C(C)C. The molecule has 3 heteroatoms. The molecule has 0 heterocycles. The Balaban J connectivity index is 4.38. The Hall–Kier alpha value is -0.570. The van der Waals surface area contributed by atoms with Crippen LogP contribution in [-0.2, 0) is 9.53 Å². The predicted octanol–water partition coefficient (Wildman–Crippen LogP) is 3.86. The van der Waals surface area contributed by atoms with Gasteiger partial charge in [0.1, 0.15) is 11.6 Å². The molecule has 0 amide bonds. The second-order valence-electron chi connectivity index (χ2n) is 6.49. The number of carbonyl (C=O) groups is 1. The minimum Gasteiger partial charge on any atom is -0.461 e. The van der Waals surface area contributed by atoms with Gasteiger partial charge in [-0.3, -0.25) is 9.69 Å². The maximum atomic E-state index is 12.2. The van der Waals surface area contributed by atoms with E-state index in [4.69, 9.17) is 4.74 Å². The summed E-state index contributed by atoms with van der Waals surface area (Å²) in [5.41, 5.74) is -0.559. The van der Waals surface area contributed by atoms with Crippen molar-refractivity contribution < 1.29 is 9.53 Å². The van der Waals surface area contributed by atoms with Crippen LogP contribution in [0.1, 0.15) is 66.7 Å². The summed E-state index contributed by atoms with van der Waals surface area (Å²) in [4.78, 5) is 14.2. The van der Waals surface area contributed by atoms with Crippen LogP contribution in [-0.4, -0.2) is 36.6 Å². The number of nitrogens with zero attached hydrogens (tertiary/aromatic N) is 1. The lowest BCUT2D eigenvalue weighted by Gasteiger charge is -2.33. The highest BCUT2D eigenvalue weighted by atomic mass is 16.5. The van der Waals surface area contributed by atoms with Gasteiger partial charge in [-0.05, 0) is 46.7 Å². The smallest absolute Gasteiger partial charge is 0.326 e. The van der Waals surface area contributed by atoms with Crippen molar-refractivity contribution in [1.29, 1.82) is 0 Å². The molecule has 0 aromatic heterocycles. The Bertz CT molecular complexity index is 259. The van der Waals surface area contributed by atoms with Gasteiger partial charge in [0.05, 0.1) is 0 Å². The molecular formula is C16H33NO2. The molecule has 0 aromatic rings. The van der Waals surface area contributed by atoms with Gasteiger partial charge in [-0.2, -0.15) is 0 Å². The molecule has 3 nitrogen and oxygen atoms in total. The molecule has 0 N–H and O–H groups in total. The molecule has 0 aliphatic heterocycles. The molecule has 1 unspecified atom stereocenters. The van der Waals surface area contributed by atoms with Gasteiger partial charge >= 0.3 is 5.97 Å². The number of esters is 1. The first-order chi connectivity index (χ1) is 8.73. The summed E-state index contributed by atoms with van der Waals surface area (Å²) in [6.45, 7) is 10.3. The maximum absolute atomic E-state index is 12.2. The van der Waals surface area contributed by atoms with E-state index in [0.717, 1.165) is 12.8 Å². The average Bonchev–Trinajstić information content (AvgIpc) is 2.32. The van der Waals surface area contributed by atoms with E-state index in [9.17, 15) is 4.79 Å². The molecule has 19 heavy (non-hydrogen) atoms. The van der Waals surface area contributed by atoms with Crippen molar-refractivity contribution in [2.24, 2.45) is 5.92 Å². The number of carbonyl (C=O) groups excluding carboxylic acids is 1. The Morgan fingerprint density at radius 2 is 1.74 bits per heavy atom. The Labute approximate surface area is 119 Å². The summed E-state index contributed by atoms with van der Waals surface area (Å²) in [6, 6.07) is 0. The van der Waals surface area contributed by atoms with Crippen LogP contribution in [0.2, 0.25) is 0 Å². The summed E-state index contributed by atoms with van der Waals surface area (Å²) < 4.78 is 5.74. The summed E-state index contributed by atoms with van der Waals surface area (Å²) >= 11 is 0. The molecule has 0 rings (SSSR count). The van der Waals surface area contributed by atoms with Crippen molar-refractivity contribution in [2.45, 2.75) is 78.4 Å². The first-order valence-electron chi connectivity index (χ1n) is 7.62. The van der Waals surface area contributed by atoms with Crippen LogP contribution in [0.4, 0.5) is 0 Å². The van der Waals surface area contributed by atoms with Crippen LogP contribution in [0.3, 0.4) is 0 Å². The van der Waals surface area contributed by atoms with Crippen molar-refractivity contribution in [3.63, 3.8) is 0 Å². The molecule has 0 aliphatic carbocycles. The summed E-state index contributed by atoms with van der Waals surface area (Å²) in [7, 11) is 3.82. The van der Waals surface area contributed by atoms with E-state index in [-0.39, 0.29) is 12.1 Å². The molecule has 0 saturated carbocycles. The standard InChI is InChI=1S/C16H33NO2/c1-8-9-10-11-12-14(13(2)3)19-15(18)16(4,5)17(6)7/h13-14H,8-12H2,1-7H3. The van der Waals surface area contributed by atoms with E-state index >= 15 is 0 Å². The lowest BCUT2D eigenvalue weighted by atomic mass is 9.99. The van der Waals surface area contributed by atoms with E-state index in [1.165, 1.54) is 19.3 Å². The summed E-state index contributed by atoms with van der Waals surface area (Å²) in [5.74, 6) is 0.259. The molecule has 0 spiro atoms. The molecule has 0 aromatic carbocycles. The fourth-order valence-corrected chi connectivity index (χ4v) is 1.76. The zero-order valence-corrected chi connectivity index (χ0v) is 14.0. The molecule has 0 saturated heterocycles. The average molecular weight is 271 g/mol. The van der Waals surface area contributed by atoms with Gasteiger partial charge in [-0.25, -0.2) is 0 Å². The highest BCUT2D eigenvalue weighted by molar-refractivity contribution is 5.79. The van der Waals surface area contributed by atoms with Crippen LogP contribution in [0.15, 0.2) is 0 Å².